The van der Waals surface area contributed by atoms with Gasteiger partial charge in [-0.3, -0.25) is 4.79 Å². The largest absolute Gasteiger partial charge is 0.508 e. The molecule has 0 radical (unpaired) electrons. The van der Waals surface area contributed by atoms with Crippen molar-refractivity contribution in [1.29, 1.82) is 0 Å². The van der Waals surface area contributed by atoms with Crippen molar-refractivity contribution in [3.63, 3.8) is 0 Å². The number of hydrogen-bond acceptors (Lipinski definition) is 4. The lowest BCUT2D eigenvalue weighted by Crippen LogP contribution is -2.14. The van der Waals surface area contributed by atoms with Crippen LogP contribution in [0.1, 0.15) is 51.5 Å². The molecule has 0 bridgehead atoms. The molecule has 0 saturated heterocycles. The predicted molar refractivity (Wildman–Crippen MR) is 82.4 cm³/mol. The van der Waals surface area contributed by atoms with Crippen molar-refractivity contribution in [1.82, 2.24) is 0 Å². The standard InChI is InChI=1S/C17H26O4/c1-3-5-6-13(4-2)12-21-17(20)10-7-14-11-15(18)8-9-16(14)19/h8-9,11,13,18-19H,3-7,10,12H2,1-2H3. The van der Waals surface area contributed by atoms with Crippen LogP contribution in [0.25, 0.3) is 0 Å². The summed E-state index contributed by atoms with van der Waals surface area (Å²) >= 11 is 0. The number of phenolic OH excluding ortho intramolecular Hbond substituents is 2. The number of unbranched alkanes of at least 4 members (excludes halogenated alkanes) is 1. The fourth-order valence-corrected chi connectivity index (χ4v) is 2.19. The Bertz CT molecular complexity index is 442. The van der Waals surface area contributed by atoms with Crippen molar-refractivity contribution in [2.45, 2.75) is 52.4 Å². The smallest absolute Gasteiger partial charge is 0.306 e. The second-order valence-electron chi connectivity index (χ2n) is 5.41. The van der Waals surface area contributed by atoms with E-state index in [2.05, 4.69) is 13.8 Å². The number of hydrogen-bond donors (Lipinski definition) is 2. The van der Waals surface area contributed by atoms with Gasteiger partial charge in [0.2, 0.25) is 0 Å². The number of esters is 1. The topological polar surface area (TPSA) is 66.8 Å². The molecule has 4 nitrogen and oxygen atoms in total. The zero-order valence-corrected chi connectivity index (χ0v) is 13.0. The second kappa shape index (κ2) is 9.27. The van der Waals surface area contributed by atoms with Crippen LogP contribution in [-0.4, -0.2) is 22.8 Å². The molecule has 0 saturated carbocycles. The number of phenols is 2. The van der Waals surface area contributed by atoms with Gasteiger partial charge >= 0.3 is 5.97 Å². The summed E-state index contributed by atoms with van der Waals surface area (Å²) in [7, 11) is 0. The van der Waals surface area contributed by atoms with Crippen LogP contribution < -0.4 is 0 Å². The number of aromatic hydroxyl groups is 2. The summed E-state index contributed by atoms with van der Waals surface area (Å²) in [4.78, 5) is 11.7. The van der Waals surface area contributed by atoms with Gasteiger partial charge < -0.3 is 14.9 Å². The number of ether oxygens (including phenoxy) is 1. The maximum atomic E-state index is 11.7. The molecule has 0 aliphatic carbocycles. The highest BCUT2D eigenvalue weighted by atomic mass is 16.5. The molecular weight excluding hydrogens is 268 g/mol. The average Bonchev–Trinajstić information content (AvgIpc) is 2.48. The molecule has 4 heteroatoms. The molecule has 1 unspecified atom stereocenters. The second-order valence-corrected chi connectivity index (χ2v) is 5.41. The minimum absolute atomic E-state index is 0.0850. The van der Waals surface area contributed by atoms with Crippen molar-refractivity contribution >= 4 is 5.97 Å². The van der Waals surface area contributed by atoms with Gasteiger partial charge in [-0.25, -0.2) is 0 Å². The molecule has 0 aliphatic rings. The summed E-state index contributed by atoms with van der Waals surface area (Å²) < 4.78 is 5.30. The summed E-state index contributed by atoms with van der Waals surface area (Å²) in [5.74, 6) is 0.354. The van der Waals surface area contributed by atoms with Crippen LogP contribution in [0.2, 0.25) is 0 Å². The molecule has 1 atom stereocenters. The highest BCUT2D eigenvalue weighted by Crippen LogP contribution is 2.23. The van der Waals surface area contributed by atoms with E-state index in [9.17, 15) is 15.0 Å². The highest BCUT2D eigenvalue weighted by molar-refractivity contribution is 5.69. The van der Waals surface area contributed by atoms with Crippen molar-refractivity contribution in [2.75, 3.05) is 6.61 Å². The summed E-state index contributed by atoms with van der Waals surface area (Å²) in [5, 5.41) is 19.0. The lowest BCUT2D eigenvalue weighted by molar-refractivity contribution is -0.145. The molecule has 0 aliphatic heterocycles. The molecule has 0 amide bonds. The lowest BCUT2D eigenvalue weighted by atomic mass is 10.0. The first-order chi connectivity index (χ1) is 10.1. The molecule has 2 N–H and O–H groups in total. The van der Waals surface area contributed by atoms with E-state index >= 15 is 0 Å². The van der Waals surface area contributed by atoms with Gasteiger partial charge in [-0.15, -0.1) is 0 Å². The minimum atomic E-state index is -0.257. The summed E-state index contributed by atoms with van der Waals surface area (Å²) in [6, 6.07) is 4.31. The van der Waals surface area contributed by atoms with E-state index in [4.69, 9.17) is 4.74 Å². The van der Waals surface area contributed by atoms with Crippen LogP contribution in [0.15, 0.2) is 18.2 Å². The van der Waals surface area contributed by atoms with E-state index in [0.717, 1.165) is 25.7 Å². The van der Waals surface area contributed by atoms with E-state index in [0.29, 0.717) is 24.5 Å². The maximum Gasteiger partial charge on any atom is 0.306 e. The SMILES string of the molecule is CCCCC(CC)COC(=O)CCc1cc(O)ccc1O. The molecule has 1 rings (SSSR count). The van der Waals surface area contributed by atoms with Gasteiger partial charge in [0.05, 0.1) is 6.61 Å². The van der Waals surface area contributed by atoms with Gasteiger partial charge in [0.25, 0.3) is 0 Å². The quantitative estimate of drug-likeness (QED) is 0.537. The number of rotatable bonds is 9. The van der Waals surface area contributed by atoms with Gasteiger partial charge in [0.1, 0.15) is 11.5 Å². The number of carbonyl (C=O) groups excluding carboxylic acids is 1. The van der Waals surface area contributed by atoms with Crippen LogP contribution >= 0.6 is 0 Å². The molecule has 21 heavy (non-hydrogen) atoms. The van der Waals surface area contributed by atoms with E-state index in [-0.39, 0.29) is 23.9 Å². The molecular formula is C17H26O4. The minimum Gasteiger partial charge on any atom is -0.508 e. The molecule has 0 aromatic heterocycles. The Kier molecular flexibility index (Phi) is 7.65. The Morgan fingerprint density at radius 3 is 2.71 bits per heavy atom. The van der Waals surface area contributed by atoms with Crippen molar-refractivity contribution in [2.24, 2.45) is 5.92 Å². The Morgan fingerprint density at radius 1 is 1.29 bits per heavy atom. The van der Waals surface area contributed by atoms with Crippen LogP contribution in [0.4, 0.5) is 0 Å². The van der Waals surface area contributed by atoms with E-state index < -0.39 is 0 Å². The van der Waals surface area contributed by atoms with Crippen molar-refractivity contribution < 1.29 is 19.7 Å². The van der Waals surface area contributed by atoms with Gasteiger partial charge in [0, 0.05) is 6.42 Å². The van der Waals surface area contributed by atoms with Gasteiger partial charge in [-0.2, -0.15) is 0 Å². The summed E-state index contributed by atoms with van der Waals surface area (Å²) in [6.07, 6.45) is 4.99. The normalized spacial score (nSPS) is 12.1. The number of carbonyl (C=O) groups is 1. The zero-order valence-electron chi connectivity index (χ0n) is 13.0. The first-order valence-electron chi connectivity index (χ1n) is 7.73. The van der Waals surface area contributed by atoms with Crippen molar-refractivity contribution in [3.05, 3.63) is 23.8 Å². The van der Waals surface area contributed by atoms with Crippen LogP contribution in [-0.2, 0) is 16.0 Å². The molecule has 0 spiro atoms. The van der Waals surface area contributed by atoms with E-state index in [1.54, 1.807) is 0 Å². The van der Waals surface area contributed by atoms with Gasteiger partial charge in [-0.1, -0.05) is 33.1 Å². The van der Waals surface area contributed by atoms with Crippen molar-refractivity contribution in [3.8, 4) is 11.5 Å². The fourth-order valence-electron chi connectivity index (χ4n) is 2.19. The average molecular weight is 294 g/mol. The van der Waals surface area contributed by atoms with Gasteiger partial charge in [0.15, 0.2) is 0 Å². The molecule has 118 valence electrons. The third-order valence-corrected chi connectivity index (χ3v) is 3.68. The third kappa shape index (κ3) is 6.52. The fraction of sp³-hybridized carbons (Fsp3) is 0.588. The first kappa shape index (κ1) is 17.3. The predicted octanol–water partition coefficient (Wildman–Crippen LogP) is 3.79. The maximum absolute atomic E-state index is 11.7. The highest BCUT2D eigenvalue weighted by Gasteiger charge is 2.11. The molecule has 1 aromatic rings. The number of aryl methyl sites for hydroxylation is 1. The Balaban J connectivity index is 2.35. The monoisotopic (exact) mass is 294 g/mol. The summed E-state index contributed by atoms with van der Waals surface area (Å²) in [5.41, 5.74) is 0.560. The van der Waals surface area contributed by atoms with Crippen LogP contribution in [0, 0.1) is 5.92 Å². The Hall–Kier alpha value is -1.71. The Morgan fingerprint density at radius 2 is 2.05 bits per heavy atom. The molecule has 0 fully saturated rings. The molecule has 1 aromatic carbocycles. The van der Waals surface area contributed by atoms with Crippen LogP contribution in [0.3, 0.4) is 0 Å². The summed E-state index contributed by atoms with van der Waals surface area (Å²) in [6.45, 7) is 4.74. The molecule has 0 heterocycles. The van der Waals surface area contributed by atoms with E-state index in [1.165, 1.54) is 18.2 Å². The zero-order chi connectivity index (χ0) is 15.7. The first-order valence-corrected chi connectivity index (χ1v) is 7.73. The lowest BCUT2D eigenvalue weighted by Gasteiger charge is -2.14. The van der Waals surface area contributed by atoms with Gasteiger partial charge in [-0.05, 0) is 42.5 Å². The van der Waals surface area contributed by atoms with Crippen LogP contribution in [0.5, 0.6) is 11.5 Å². The number of benzene rings is 1. The van der Waals surface area contributed by atoms with E-state index in [1.807, 2.05) is 0 Å². The third-order valence-electron chi connectivity index (χ3n) is 3.68. The Labute approximate surface area is 126 Å².